The number of amides is 1. The van der Waals surface area contributed by atoms with Crippen molar-refractivity contribution >= 4 is 29.3 Å². The molecule has 0 spiro atoms. The van der Waals surface area contributed by atoms with E-state index in [9.17, 15) is 14.7 Å². The molecule has 0 unspecified atom stereocenters. The summed E-state index contributed by atoms with van der Waals surface area (Å²) in [5, 5.41) is 17.4. The Bertz CT molecular complexity index is 982. The Kier molecular flexibility index (Phi) is 4.49. The van der Waals surface area contributed by atoms with Crippen molar-refractivity contribution in [1.82, 2.24) is 9.78 Å². The van der Waals surface area contributed by atoms with Gasteiger partial charge in [0.1, 0.15) is 34.2 Å². The summed E-state index contributed by atoms with van der Waals surface area (Å²) < 4.78 is 13.0. The zero-order chi connectivity index (χ0) is 20.1. The Hall–Kier alpha value is -2.68. The first-order valence-corrected chi connectivity index (χ1v) is 10.0. The second-order valence-electron chi connectivity index (χ2n) is 7.50. The number of aromatic hydroxyl groups is 1. The smallest absolute Gasteiger partial charge is 0.263 e. The molecule has 2 aliphatic heterocycles. The number of phenolic OH excluding ortho intramolecular Hbond substituents is 1. The Morgan fingerprint density at radius 2 is 2.21 bits per heavy atom. The van der Waals surface area contributed by atoms with Crippen LogP contribution in [-0.2, 0) is 23.3 Å². The number of anilines is 1. The molecular formula is C19H21N3O5S. The number of benzene rings is 1. The third kappa shape index (κ3) is 3.42. The minimum atomic E-state index is -0.662. The number of aryl methyl sites for hydroxylation is 1. The molecule has 0 bridgehead atoms. The number of nitrogens with one attached hydrogen (secondary N) is 1. The zero-order valence-electron chi connectivity index (χ0n) is 15.9. The highest BCUT2D eigenvalue weighted by molar-refractivity contribution is 7.98. The third-order valence-corrected chi connectivity index (χ3v) is 5.62. The van der Waals surface area contributed by atoms with Crippen molar-refractivity contribution in [2.45, 2.75) is 37.4 Å². The van der Waals surface area contributed by atoms with E-state index < -0.39 is 5.60 Å². The molecule has 1 aromatic heterocycles. The van der Waals surface area contributed by atoms with E-state index in [0.29, 0.717) is 5.82 Å². The number of ether oxygens (including phenoxy) is 2. The van der Waals surface area contributed by atoms with Gasteiger partial charge < -0.3 is 19.9 Å². The number of aromatic nitrogens is 2. The quantitative estimate of drug-likeness (QED) is 0.809. The first kappa shape index (κ1) is 18.7. The molecule has 2 aromatic rings. The predicted molar refractivity (Wildman–Crippen MR) is 104 cm³/mol. The van der Waals surface area contributed by atoms with Crippen LogP contribution in [-0.4, -0.2) is 38.8 Å². The number of Topliss-reactive ketones (excluding diaryl/α,β-unsaturated/α-hetero) is 1. The topological polar surface area (TPSA) is 103 Å². The number of thioether (sulfide) groups is 1. The van der Waals surface area contributed by atoms with Crippen LogP contribution in [0.3, 0.4) is 0 Å². The highest BCUT2D eigenvalue weighted by atomic mass is 32.2. The van der Waals surface area contributed by atoms with Gasteiger partial charge in [0.25, 0.3) is 5.91 Å². The first-order chi connectivity index (χ1) is 13.2. The molecule has 0 atom stereocenters. The molecule has 28 heavy (non-hydrogen) atoms. The SMILES string of the molecule is Cn1nc2c(c1NC(=O)COc1cc(O)c3c(c1)OC(C)(C)CC3=O)CSC2. The number of ketones is 1. The van der Waals surface area contributed by atoms with Crippen molar-refractivity contribution in [2.75, 3.05) is 11.9 Å². The van der Waals surface area contributed by atoms with Gasteiger partial charge in [-0.1, -0.05) is 0 Å². The van der Waals surface area contributed by atoms with Crippen LogP contribution < -0.4 is 14.8 Å². The van der Waals surface area contributed by atoms with Crippen molar-refractivity contribution in [3.8, 4) is 17.2 Å². The van der Waals surface area contributed by atoms with E-state index in [0.717, 1.165) is 22.8 Å². The maximum atomic E-state index is 12.3. The molecule has 0 saturated carbocycles. The van der Waals surface area contributed by atoms with Gasteiger partial charge in [0, 0.05) is 36.2 Å². The van der Waals surface area contributed by atoms with Crippen molar-refractivity contribution in [3.05, 3.63) is 29.0 Å². The summed E-state index contributed by atoms with van der Waals surface area (Å²) in [6.45, 7) is 3.36. The summed E-state index contributed by atoms with van der Waals surface area (Å²) in [6, 6.07) is 2.85. The van der Waals surface area contributed by atoms with Crippen LogP contribution in [0, 0.1) is 0 Å². The van der Waals surface area contributed by atoms with E-state index >= 15 is 0 Å². The van der Waals surface area contributed by atoms with Gasteiger partial charge in [0.15, 0.2) is 12.4 Å². The van der Waals surface area contributed by atoms with Crippen LogP contribution in [0.25, 0.3) is 0 Å². The molecule has 0 aliphatic carbocycles. The van der Waals surface area contributed by atoms with E-state index in [2.05, 4.69) is 10.4 Å². The molecule has 0 radical (unpaired) electrons. The summed E-state index contributed by atoms with van der Waals surface area (Å²) in [5.41, 5.74) is 1.53. The summed E-state index contributed by atoms with van der Waals surface area (Å²) in [7, 11) is 1.79. The average Bonchev–Trinajstić information content (AvgIpc) is 3.13. The monoisotopic (exact) mass is 403 g/mol. The lowest BCUT2D eigenvalue weighted by Gasteiger charge is -2.32. The molecule has 8 nitrogen and oxygen atoms in total. The minimum Gasteiger partial charge on any atom is -0.507 e. The molecule has 3 heterocycles. The Morgan fingerprint density at radius 1 is 1.43 bits per heavy atom. The standard InChI is InChI=1S/C19H21N3O5S/c1-19(2)6-14(24)17-13(23)4-10(5-15(17)27-19)26-7-16(25)20-18-11-8-28-9-12(11)21-22(18)3/h4-5,23H,6-9H2,1-3H3,(H,20,25). The summed E-state index contributed by atoms with van der Waals surface area (Å²) >= 11 is 1.76. The average molecular weight is 403 g/mol. The molecule has 1 aromatic carbocycles. The second-order valence-corrected chi connectivity index (χ2v) is 8.49. The van der Waals surface area contributed by atoms with E-state index in [-0.39, 0.29) is 47.5 Å². The predicted octanol–water partition coefficient (Wildman–Crippen LogP) is 2.63. The lowest BCUT2D eigenvalue weighted by Crippen LogP contribution is -2.35. The van der Waals surface area contributed by atoms with Crippen LogP contribution in [0.5, 0.6) is 17.2 Å². The lowest BCUT2D eigenvalue weighted by molar-refractivity contribution is -0.118. The van der Waals surface area contributed by atoms with Gasteiger partial charge >= 0.3 is 0 Å². The Labute approximate surface area is 166 Å². The number of hydrogen-bond donors (Lipinski definition) is 2. The van der Waals surface area contributed by atoms with E-state index in [1.165, 1.54) is 12.1 Å². The molecule has 4 rings (SSSR count). The number of fused-ring (bicyclic) bond motifs is 2. The Balaban J connectivity index is 1.46. The number of phenols is 1. The van der Waals surface area contributed by atoms with Crippen LogP contribution in [0.2, 0.25) is 0 Å². The number of nitrogens with zero attached hydrogens (tertiary/aromatic N) is 2. The molecule has 0 fully saturated rings. The molecule has 2 aliphatic rings. The van der Waals surface area contributed by atoms with Gasteiger partial charge in [0.2, 0.25) is 0 Å². The van der Waals surface area contributed by atoms with Gasteiger partial charge in [-0.15, -0.1) is 0 Å². The van der Waals surface area contributed by atoms with Crippen LogP contribution in [0.1, 0.15) is 41.9 Å². The largest absolute Gasteiger partial charge is 0.507 e. The molecule has 148 valence electrons. The highest BCUT2D eigenvalue weighted by Gasteiger charge is 2.35. The summed E-state index contributed by atoms with van der Waals surface area (Å²) in [4.78, 5) is 24.6. The third-order valence-electron chi connectivity index (χ3n) is 4.65. The number of hydrogen-bond acceptors (Lipinski definition) is 7. The van der Waals surface area contributed by atoms with Crippen LogP contribution in [0.15, 0.2) is 12.1 Å². The fraction of sp³-hybridized carbons (Fsp3) is 0.421. The number of carbonyl (C=O) groups excluding carboxylic acids is 2. The lowest BCUT2D eigenvalue weighted by atomic mass is 9.92. The summed E-state index contributed by atoms with van der Waals surface area (Å²) in [6.07, 6.45) is 0.184. The van der Waals surface area contributed by atoms with Gasteiger partial charge in [0.05, 0.1) is 12.1 Å². The number of carbonyl (C=O) groups is 2. The molecule has 1 amide bonds. The Morgan fingerprint density at radius 3 is 3.00 bits per heavy atom. The van der Waals surface area contributed by atoms with Gasteiger partial charge in [-0.25, -0.2) is 0 Å². The molecule has 2 N–H and O–H groups in total. The highest BCUT2D eigenvalue weighted by Crippen LogP contribution is 2.41. The van der Waals surface area contributed by atoms with Gasteiger partial charge in [-0.3, -0.25) is 14.3 Å². The fourth-order valence-electron chi connectivity index (χ4n) is 3.44. The number of rotatable bonds is 4. The molecular weight excluding hydrogens is 382 g/mol. The van der Waals surface area contributed by atoms with E-state index in [1.54, 1.807) is 37.3 Å². The van der Waals surface area contributed by atoms with Crippen molar-refractivity contribution in [1.29, 1.82) is 0 Å². The van der Waals surface area contributed by atoms with Crippen molar-refractivity contribution in [2.24, 2.45) is 7.05 Å². The maximum Gasteiger partial charge on any atom is 0.263 e. The second kappa shape index (κ2) is 6.73. The van der Waals surface area contributed by atoms with Crippen molar-refractivity contribution in [3.63, 3.8) is 0 Å². The van der Waals surface area contributed by atoms with Gasteiger partial charge in [-0.2, -0.15) is 16.9 Å². The van der Waals surface area contributed by atoms with E-state index in [4.69, 9.17) is 9.47 Å². The maximum absolute atomic E-state index is 12.3. The van der Waals surface area contributed by atoms with E-state index in [1.807, 2.05) is 0 Å². The fourth-order valence-corrected chi connectivity index (χ4v) is 4.48. The van der Waals surface area contributed by atoms with Crippen LogP contribution in [0.4, 0.5) is 5.82 Å². The zero-order valence-corrected chi connectivity index (χ0v) is 16.7. The van der Waals surface area contributed by atoms with Crippen LogP contribution >= 0.6 is 11.8 Å². The minimum absolute atomic E-state index is 0.152. The van der Waals surface area contributed by atoms with Crippen molar-refractivity contribution < 1.29 is 24.2 Å². The molecule has 9 heteroatoms. The first-order valence-electron chi connectivity index (χ1n) is 8.88. The molecule has 0 saturated heterocycles. The van der Waals surface area contributed by atoms with Gasteiger partial charge in [-0.05, 0) is 13.8 Å². The normalized spacial score (nSPS) is 16.9. The summed E-state index contributed by atoms with van der Waals surface area (Å²) in [5.74, 6) is 2.12.